The highest BCUT2D eigenvalue weighted by Gasteiger charge is 2.19. The number of amides is 1. The predicted molar refractivity (Wildman–Crippen MR) is 126 cm³/mol. The fourth-order valence-corrected chi connectivity index (χ4v) is 4.55. The number of ether oxygens (including phenoxy) is 2. The van der Waals surface area contributed by atoms with Gasteiger partial charge in [0.15, 0.2) is 4.34 Å². The van der Waals surface area contributed by atoms with Gasteiger partial charge in [0.05, 0.1) is 31.7 Å². The summed E-state index contributed by atoms with van der Waals surface area (Å²) >= 11 is 2.76. The summed E-state index contributed by atoms with van der Waals surface area (Å²) in [6.07, 6.45) is 0. The van der Waals surface area contributed by atoms with E-state index in [1.165, 1.54) is 23.1 Å². The molecule has 1 aromatic heterocycles. The number of nitrogens with one attached hydrogen (secondary N) is 2. The Labute approximate surface area is 190 Å². The minimum atomic E-state index is -0.0730. The van der Waals surface area contributed by atoms with Crippen molar-refractivity contribution in [2.45, 2.75) is 24.2 Å². The SMILES string of the molecule is COc1ccc(C(NC(=O)CSc2nnc(Nc3ccccc3OC)s2)C(C)C)cc1. The van der Waals surface area contributed by atoms with E-state index in [-0.39, 0.29) is 23.6 Å². The van der Waals surface area contributed by atoms with Crippen molar-refractivity contribution in [1.82, 2.24) is 15.5 Å². The van der Waals surface area contributed by atoms with Gasteiger partial charge in [-0.15, -0.1) is 10.2 Å². The van der Waals surface area contributed by atoms with Crippen molar-refractivity contribution in [3.63, 3.8) is 0 Å². The van der Waals surface area contributed by atoms with Crippen LogP contribution in [-0.2, 0) is 4.79 Å². The van der Waals surface area contributed by atoms with E-state index in [4.69, 9.17) is 9.47 Å². The number of carbonyl (C=O) groups excluding carboxylic acids is 1. The first-order valence-electron chi connectivity index (χ1n) is 9.79. The molecule has 7 nitrogen and oxygen atoms in total. The third kappa shape index (κ3) is 6.35. The molecule has 0 aliphatic heterocycles. The Morgan fingerprint density at radius 3 is 2.48 bits per heavy atom. The summed E-state index contributed by atoms with van der Waals surface area (Å²) in [5.41, 5.74) is 1.86. The Kier molecular flexibility index (Phi) is 8.13. The summed E-state index contributed by atoms with van der Waals surface area (Å²) in [6, 6.07) is 15.3. The lowest BCUT2D eigenvalue weighted by molar-refractivity contribution is -0.119. The molecular formula is C22H26N4O3S2. The Morgan fingerprint density at radius 2 is 1.81 bits per heavy atom. The number of hydrogen-bond acceptors (Lipinski definition) is 8. The molecule has 0 fully saturated rings. The van der Waals surface area contributed by atoms with E-state index < -0.39 is 0 Å². The van der Waals surface area contributed by atoms with Crippen LogP contribution < -0.4 is 20.1 Å². The first-order chi connectivity index (χ1) is 15.0. The molecule has 0 aliphatic rings. The maximum atomic E-state index is 12.6. The Hall–Kier alpha value is -2.78. The summed E-state index contributed by atoms with van der Waals surface area (Å²) in [7, 11) is 3.26. The Morgan fingerprint density at radius 1 is 1.06 bits per heavy atom. The van der Waals surface area contributed by atoms with Crippen LogP contribution in [-0.4, -0.2) is 36.1 Å². The normalized spacial score (nSPS) is 11.8. The fourth-order valence-electron chi connectivity index (χ4n) is 2.97. The van der Waals surface area contributed by atoms with Gasteiger partial charge in [-0.1, -0.05) is 61.2 Å². The highest BCUT2D eigenvalue weighted by Crippen LogP contribution is 2.31. The minimum Gasteiger partial charge on any atom is -0.497 e. The number of benzene rings is 2. The molecule has 0 aliphatic carbocycles. The van der Waals surface area contributed by atoms with E-state index in [2.05, 4.69) is 34.7 Å². The lowest BCUT2D eigenvalue weighted by atomic mass is 9.96. The van der Waals surface area contributed by atoms with Gasteiger partial charge in [-0.25, -0.2) is 0 Å². The molecule has 0 saturated carbocycles. The van der Waals surface area contributed by atoms with Gasteiger partial charge in [0.2, 0.25) is 11.0 Å². The van der Waals surface area contributed by atoms with Crippen LogP contribution in [0.2, 0.25) is 0 Å². The van der Waals surface area contributed by atoms with Crippen LogP contribution in [0.3, 0.4) is 0 Å². The van der Waals surface area contributed by atoms with Gasteiger partial charge in [0.1, 0.15) is 11.5 Å². The number of nitrogens with zero attached hydrogens (tertiary/aromatic N) is 2. The summed E-state index contributed by atoms with van der Waals surface area (Å²) in [6.45, 7) is 4.17. The molecule has 164 valence electrons. The molecule has 2 N–H and O–H groups in total. The van der Waals surface area contributed by atoms with Crippen LogP contribution in [0.1, 0.15) is 25.5 Å². The zero-order valence-electron chi connectivity index (χ0n) is 17.9. The molecule has 1 heterocycles. The number of aromatic nitrogens is 2. The van der Waals surface area contributed by atoms with Crippen LogP contribution in [0.25, 0.3) is 0 Å². The molecule has 9 heteroatoms. The molecule has 0 bridgehead atoms. The molecule has 0 saturated heterocycles. The van der Waals surface area contributed by atoms with E-state index in [9.17, 15) is 4.79 Å². The largest absolute Gasteiger partial charge is 0.497 e. The second-order valence-electron chi connectivity index (χ2n) is 7.05. The predicted octanol–water partition coefficient (Wildman–Crippen LogP) is 4.90. The smallest absolute Gasteiger partial charge is 0.230 e. The molecule has 0 radical (unpaired) electrons. The van der Waals surface area contributed by atoms with Crippen molar-refractivity contribution in [2.75, 3.05) is 25.3 Å². The Bertz CT molecular complexity index is 992. The summed E-state index contributed by atoms with van der Waals surface area (Å²) in [4.78, 5) is 12.6. The summed E-state index contributed by atoms with van der Waals surface area (Å²) in [5, 5.41) is 15.3. The van der Waals surface area contributed by atoms with Gasteiger partial charge in [0, 0.05) is 0 Å². The van der Waals surface area contributed by atoms with Crippen LogP contribution in [0.5, 0.6) is 11.5 Å². The molecule has 1 atom stereocenters. The lowest BCUT2D eigenvalue weighted by Crippen LogP contribution is -2.32. The van der Waals surface area contributed by atoms with Crippen LogP contribution in [0.15, 0.2) is 52.9 Å². The van der Waals surface area contributed by atoms with Gasteiger partial charge in [0.25, 0.3) is 0 Å². The number of methoxy groups -OCH3 is 2. The first-order valence-corrected chi connectivity index (χ1v) is 11.6. The molecule has 0 spiro atoms. The second-order valence-corrected chi connectivity index (χ2v) is 9.25. The van der Waals surface area contributed by atoms with Crippen LogP contribution >= 0.6 is 23.1 Å². The van der Waals surface area contributed by atoms with Gasteiger partial charge in [-0.2, -0.15) is 0 Å². The van der Waals surface area contributed by atoms with E-state index >= 15 is 0 Å². The van der Waals surface area contributed by atoms with E-state index in [0.717, 1.165) is 27.1 Å². The number of anilines is 2. The fraction of sp³-hybridized carbons (Fsp3) is 0.318. The van der Waals surface area contributed by atoms with Crippen molar-refractivity contribution in [3.05, 3.63) is 54.1 Å². The quantitative estimate of drug-likeness (QED) is 0.418. The Balaban J connectivity index is 1.56. The molecule has 1 unspecified atom stereocenters. The standard InChI is InChI=1S/C22H26N4O3S2/c1-14(2)20(15-9-11-16(28-3)12-10-15)24-19(27)13-30-22-26-25-21(31-22)23-17-7-5-6-8-18(17)29-4/h5-12,14,20H,13H2,1-4H3,(H,23,25)(H,24,27). The zero-order chi connectivity index (χ0) is 22.2. The van der Waals surface area contributed by atoms with Gasteiger partial charge in [-0.05, 0) is 35.7 Å². The number of thioether (sulfide) groups is 1. The topological polar surface area (TPSA) is 85.4 Å². The molecule has 31 heavy (non-hydrogen) atoms. The minimum absolute atomic E-state index is 0.0473. The molecule has 3 aromatic rings. The monoisotopic (exact) mass is 458 g/mol. The number of carbonyl (C=O) groups is 1. The number of hydrogen-bond donors (Lipinski definition) is 2. The maximum absolute atomic E-state index is 12.6. The zero-order valence-corrected chi connectivity index (χ0v) is 19.5. The van der Waals surface area contributed by atoms with Crippen LogP contribution in [0.4, 0.5) is 10.8 Å². The van der Waals surface area contributed by atoms with E-state index in [0.29, 0.717) is 5.13 Å². The maximum Gasteiger partial charge on any atom is 0.230 e. The highest BCUT2D eigenvalue weighted by molar-refractivity contribution is 8.01. The lowest BCUT2D eigenvalue weighted by Gasteiger charge is -2.23. The average molecular weight is 459 g/mol. The molecule has 3 rings (SSSR count). The van der Waals surface area contributed by atoms with Gasteiger partial charge >= 0.3 is 0 Å². The second kappa shape index (κ2) is 11.0. The van der Waals surface area contributed by atoms with Crippen LogP contribution in [0, 0.1) is 5.92 Å². The summed E-state index contributed by atoms with van der Waals surface area (Å²) in [5.74, 6) is 1.99. The number of rotatable bonds is 10. The van der Waals surface area contributed by atoms with Gasteiger partial charge < -0.3 is 20.1 Å². The van der Waals surface area contributed by atoms with Crippen molar-refractivity contribution in [3.8, 4) is 11.5 Å². The van der Waals surface area contributed by atoms with E-state index in [1.807, 2.05) is 48.5 Å². The third-order valence-corrected chi connectivity index (χ3v) is 6.51. The molecule has 2 aromatic carbocycles. The van der Waals surface area contributed by atoms with Crippen molar-refractivity contribution >= 4 is 39.8 Å². The molecular weight excluding hydrogens is 432 g/mol. The van der Waals surface area contributed by atoms with Gasteiger partial charge in [-0.3, -0.25) is 4.79 Å². The summed E-state index contributed by atoms with van der Waals surface area (Å²) < 4.78 is 11.3. The highest BCUT2D eigenvalue weighted by atomic mass is 32.2. The third-order valence-electron chi connectivity index (χ3n) is 4.54. The first kappa shape index (κ1) is 22.9. The van der Waals surface area contributed by atoms with Crippen molar-refractivity contribution in [1.29, 1.82) is 0 Å². The van der Waals surface area contributed by atoms with Crippen molar-refractivity contribution < 1.29 is 14.3 Å². The van der Waals surface area contributed by atoms with Crippen molar-refractivity contribution in [2.24, 2.45) is 5.92 Å². The molecule has 1 amide bonds. The van der Waals surface area contributed by atoms with E-state index in [1.54, 1.807) is 14.2 Å². The average Bonchev–Trinajstić information content (AvgIpc) is 3.23. The number of para-hydroxylation sites is 2.